The zero-order valence-electron chi connectivity index (χ0n) is 10.7. The van der Waals surface area contributed by atoms with Gasteiger partial charge in [-0.1, -0.05) is 83.4 Å². The van der Waals surface area contributed by atoms with Crippen LogP contribution < -0.4 is 0 Å². The third kappa shape index (κ3) is 4.21. The Morgan fingerprint density at radius 3 is 2.13 bits per heavy atom. The Morgan fingerprint density at radius 1 is 1.07 bits per heavy atom. The molecule has 0 nitrogen and oxygen atoms in total. The second-order valence-electron chi connectivity index (χ2n) is 5.54. The maximum absolute atomic E-state index is 6.61. The van der Waals surface area contributed by atoms with E-state index in [1.807, 2.05) is 0 Å². The summed E-state index contributed by atoms with van der Waals surface area (Å²) in [6.07, 6.45) is 13.4. The van der Waals surface area contributed by atoms with E-state index in [9.17, 15) is 0 Å². The van der Waals surface area contributed by atoms with E-state index in [1.165, 1.54) is 64.2 Å². The zero-order valence-corrected chi connectivity index (χ0v) is 10.7. The molecule has 1 atom stereocenters. The summed E-state index contributed by atoms with van der Waals surface area (Å²) < 4.78 is 0. The van der Waals surface area contributed by atoms with Crippen LogP contribution in [0.25, 0.3) is 0 Å². The van der Waals surface area contributed by atoms with Crippen LogP contribution in [-0.4, -0.2) is 7.85 Å². The van der Waals surface area contributed by atoms with Gasteiger partial charge in [0.05, 0.1) is 7.85 Å². The van der Waals surface area contributed by atoms with E-state index >= 15 is 0 Å². The van der Waals surface area contributed by atoms with Gasteiger partial charge in [-0.25, -0.2) is 0 Å². The molecule has 0 aromatic heterocycles. The first-order valence-corrected chi connectivity index (χ1v) is 6.98. The number of hydrogen-bond donors (Lipinski definition) is 0. The van der Waals surface area contributed by atoms with Gasteiger partial charge >= 0.3 is 0 Å². The fourth-order valence-electron chi connectivity index (χ4n) is 2.85. The lowest BCUT2D eigenvalue weighted by Crippen LogP contribution is -2.23. The van der Waals surface area contributed by atoms with Crippen LogP contribution in [0.3, 0.4) is 0 Å². The van der Waals surface area contributed by atoms with Crippen LogP contribution in [0.1, 0.15) is 78.1 Å². The van der Waals surface area contributed by atoms with E-state index in [2.05, 4.69) is 13.8 Å². The van der Waals surface area contributed by atoms with Crippen molar-refractivity contribution in [3.05, 3.63) is 0 Å². The molecule has 1 heteroatoms. The van der Waals surface area contributed by atoms with Crippen molar-refractivity contribution in [2.75, 3.05) is 0 Å². The molecule has 1 saturated carbocycles. The number of rotatable bonds is 4. The summed E-state index contributed by atoms with van der Waals surface area (Å²) in [5.74, 6) is 0.718. The van der Waals surface area contributed by atoms with Crippen molar-refractivity contribution in [2.45, 2.75) is 83.4 Å². The minimum atomic E-state index is 0.162. The maximum Gasteiger partial charge on any atom is 0.0749 e. The SMILES string of the molecule is [B]C1(C(C)CCCC)CCCCCCC1. The minimum absolute atomic E-state index is 0.162. The topological polar surface area (TPSA) is 0 Å². The van der Waals surface area contributed by atoms with Crippen molar-refractivity contribution in [3.63, 3.8) is 0 Å². The van der Waals surface area contributed by atoms with Crippen LogP contribution in [0.2, 0.25) is 5.31 Å². The first kappa shape index (κ1) is 13.1. The molecule has 0 N–H and O–H groups in total. The molecule has 1 aliphatic rings. The Balaban J connectivity index is 2.44. The second kappa shape index (κ2) is 6.61. The van der Waals surface area contributed by atoms with Gasteiger partial charge in [-0.05, 0) is 5.92 Å². The van der Waals surface area contributed by atoms with Gasteiger partial charge in [-0.2, -0.15) is 0 Å². The predicted molar refractivity (Wildman–Crippen MR) is 69.5 cm³/mol. The van der Waals surface area contributed by atoms with Crippen LogP contribution in [0.15, 0.2) is 0 Å². The molecule has 1 rings (SSSR count). The lowest BCUT2D eigenvalue weighted by Gasteiger charge is -2.38. The molecule has 1 aliphatic carbocycles. The summed E-state index contributed by atoms with van der Waals surface area (Å²) in [5.41, 5.74) is 0. The quantitative estimate of drug-likeness (QED) is 0.575. The normalized spacial score (nSPS) is 24.1. The Bertz CT molecular complexity index is 157. The highest BCUT2D eigenvalue weighted by molar-refractivity contribution is 6.15. The molecule has 86 valence electrons. The molecule has 1 unspecified atom stereocenters. The van der Waals surface area contributed by atoms with E-state index < -0.39 is 0 Å². The summed E-state index contributed by atoms with van der Waals surface area (Å²) in [7, 11) is 6.61. The second-order valence-corrected chi connectivity index (χ2v) is 5.54. The molecule has 0 spiro atoms. The van der Waals surface area contributed by atoms with Crippen LogP contribution in [-0.2, 0) is 0 Å². The van der Waals surface area contributed by atoms with Gasteiger partial charge in [0.15, 0.2) is 0 Å². The molecular weight excluding hydrogens is 179 g/mol. The van der Waals surface area contributed by atoms with E-state index in [4.69, 9.17) is 7.85 Å². The highest BCUT2D eigenvalue weighted by Crippen LogP contribution is 2.46. The molecule has 1 fully saturated rings. The maximum atomic E-state index is 6.61. The third-order valence-corrected chi connectivity index (χ3v) is 4.26. The molecule has 0 aromatic carbocycles. The van der Waals surface area contributed by atoms with Crippen LogP contribution >= 0.6 is 0 Å². The molecule has 0 bridgehead atoms. The predicted octanol–water partition coefficient (Wildman–Crippen LogP) is 4.88. The van der Waals surface area contributed by atoms with Crippen LogP contribution in [0.5, 0.6) is 0 Å². The van der Waals surface area contributed by atoms with E-state index in [0.29, 0.717) is 0 Å². The van der Waals surface area contributed by atoms with Gasteiger partial charge < -0.3 is 0 Å². The summed E-state index contributed by atoms with van der Waals surface area (Å²) in [5, 5.41) is 0.162. The standard InChI is InChI=1S/C14H27B/c1-3-4-10-13(2)14(15)11-8-6-5-7-9-12-14/h13H,3-12H2,1-2H3. The zero-order chi connectivity index (χ0) is 11.1. The third-order valence-electron chi connectivity index (χ3n) is 4.26. The molecular formula is C14H27B. The average Bonchev–Trinajstić information content (AvgIpc) is 2.20. The molecule has 0 aliphatic heterocycles. The highest BCUT2D eigenvalue weighted by Gasteiger charge is 2.29. The summed E-state index contributed by atoms with van der Waals surface area (Å²) in [4.78, 5) is 0. The number of unbranched alkanes of at least 4 members (excludes halogenated alkanes) is 1. The van der Waals surface area contributed by atoms with Crippen molar-refractivity contribution < 1.29 is 0 Å². The van der Waals surface area contributed by atoms with Crippen LogP contribution in [0.4, 0.5) is 0 Å². The molecule has 0 aromatic rings. The summed E-state index contributed by atoms with van der Waals surface area (Å²) >= 11 is 0. The van der Waals surface area contributed by atoms with Gasteiger partial charge in [0.2, 0.25) is 0 Å². The minimum Gasteiger partial charge on any atom is -0.0654 e. The largest absolute Gasteiger partial charge is 0.0749 e. The molecule has 0 saturated heterocycles. The van der Waals surface area contributed by atoms with Crippen molar-refractivity contribution in [1.29, 1.82) is 0 Å². The summed E-state index contributed by atoms with van der Waals surface area (Å²) in [6, 6.07) is 0. The van der Waals surface area contributed by atoms with E-state index in [-0.39, 0.29) is 5.31 Å². The smallest absolute Gasteiger partial charge is 0.0654 e. The van der Waals surface area contributed by atoms with Gasteiger partial charge in [0.1, 0.15) is 0 Å². The molecule has 0 amide bonds. The Hall–Kier alpha value is 0.0649. The fraction of sp³-hybridized carbons (Fsp3) is 1.00. The molecule has 2 radical (unpaired) electrons. The monoisotopic (exact) mass is 206 g/mol. The van der Waals surface area contributed by atoms with Crippen molar-refractivity contribution in [3.8, 4) is 0 Å². The van der Waals surface area contributed by atoms with E-state index in [1.54, 1.807) is 0 Å². The lowest BCUT2D eigenvalue weighted by molar-refractivity contribution is 0.284. The van der Waals surface area contributed by atoms with Gasteiger partial charge in [0.25, 0.3) is 0 Å². The molecule has 15 heavy (non-hydrogen) atoms. The first-order valence-electron chi connectivity index (χ1n) is 6.98. The highest BCUT2D eigenvalue weighted by atomic mass is 14.3. The lowest BCUT2D eigenvalue weighted by atomic mass is 9.54. The Kier molecular flexibility index (Phi) is 5.78. The molecule has 0 heterocycles. The van der Waals surface area contributed by atoms with Gasteiger partial charge in [0, 0.05) is 0 Å². The van der Waals surface area contributed by atoms with Crippen LogP contribution in [0, 0.1) is 5.92 Å². The van der Waals surface area contributed by atoms with Gasteiger partial charge in [-0.15, -0.1) is 0 Å². The van der Waals surface area contributed by atoms with E-state index in [0.717, 1.165) is 5.92 Å². The first-order chi connectivity index (χ1) is 7.19. The van der Waals surface area contributed by atoms with Gasteiger partial charge in [-0.3, -0.25) is 0 Å². The fourth-order valence-corrected chi connectivity index (χ4v) is 2.85. The number of hydrogen-bond acceptors (Lipinski definition) is 0. The Morgan fingerprint density at radius 2 is 1.60 bits per heavy atom. The average molecular weight is 206 g/mol. The summed E-state index contributed by atoms with van der Waals surface area (Å²) in [6.45, 7) is 4.64. The van der Waals surface area contributed by atoms with Crippen molar-refractivity contribution >= 4 is 7.85 Å². The van der Waals surface area contributed by atoms with Crippen molar-refractivity contribution in [1.82, 2.24) is 0 Å². The Labute approximate surface area is 97.6 Å². The van der Waals surface area contributed by atoms with Crippen molar-refractivity contribution in [2.24, 2.45) is 5.92 Å².